The highest BCUT2D eigenvalue weighted by molar-refractivity contribution is 5.56. The molecule has 0 saturated carbocycles. The topological polar surface area (TPSA) is 53.7 Å². The van der Waals surface area contributed by atoms with Crippen LogP contribution >= 0.6 is 0 Å². The van der Waals surface area contributed by atoms with Crippen molar-refractivity contribution in [3.63, 3.8) is 0 Å². The van der Waals surface area contributed by atoms with Gasteiger partial charge in [-0.1, -0.05) is 6.07 Å². The lowest BCUT2D eigenvalue weighted by Gasteiger charge is -2.11. The Morgan fingerprint density at radius 2 is 1.68 bits per heavy atom. The summed E-state index contributed by atoms with van der Waals surface area (Å²) in [5, 5.41) is 0. The number of benzene rings is 2. The van der Waals surface area contributed by atoms with Crippen LogP contribution in [0.2, 0.25) is 0 Å². The third-order valence-electron chi connectivity index (χ3n) is 2.55. The average Bonchev–Trinajstić information content (AvgIpc) is 2.42. The molecule has 2 N–H and O–H groups in total. The summed E-state index contributed by atoms with van der Waals surface area (Å²) in [6.07, 6.45) is 0. The van der Waals surface area contributed by atoms with Gasteiger partial charge in [-0.3, -0.25) is 0 Å². The van der Waals surface area contributed by atoms with Crippen LogP contribution in [0.15, 0.2) is 36.4 Å². The van der Waals surface area contributed by atoms with Gasteiger partial charge in [-0.2, -0.15) is 0 Å². The molecule has 0 aliphatic carbocycles. The normalized spacial score (nSPS) is 10.1. The smallest absolute Gasteiger partial charge is 0.168 e. The number of anilines is 1. The number of nitrogens with two attached hydrogens (primary N) is 1. The van der Waals surface area contributed by atoms with Crippen molar-refractivity contribution in [3.05, 3.63) is 42.2 Å². The van der Waals surface area contributed by atoms with Gasteiger partial charge in [0.25, 0.3) is 0 Å². The average molecular weight is 263 g/mol. The number of ether oxygens (including phenoxy) is 3. The number of hydrogen-bond acceptors (Lipinski definition) is 4. The Bertz CT molecular complexity index is 587. The monoisotopic (exact) mass is 263 g/mol. The molecule has 0 spiro atoms. The predicted octanol–water partition coefficient (Wildman–Crippen LogP) is 3.22. The molecular weight excluding hydrogens is 249 g/mol. The van der Waals surface area contributed by atoms with Crippen molar-refractivity contribution >= 4 is 5.69 Å². The van der Waals surface area contributed by atoms with Crippen LogP contribution in [-0.4, -0.2) is 14.2 Å². The molecule has 5 heteroatoms. The second-order valence-electron chi connectivity index (χ2n) is 3.81. The second kappa shape index (κ2) is 5.48. The van der Waals surface area contributed by atoms with Gasteiger partial charge >= 0.3 is 0 Å². The van der Waals surface area contributed by atoms with Gasteiger partial charge in [-0.25, -0.2) is 4.39 Å². The van der Waals surface area contributed by atoms with E-state index in [1.54, 1.807) is 31.4 Å². The number of methoxy groups -OCH3 is 2. The van der Waals surface area contributed by atoms with E-state index in [4.69, 9.17) is 19.9 Å². The number of rotatable bonds is 4. The van der Waals surface area contributed by atoms with E-state index in [0.29, 0.717) is 17.2 Å². The minimum Gasteiger partial charge on any atom is -0.497 e. The summed E-state index contributed by atoms with van der Waals surface area (Å²) in [7, 11) is 3.00. The fourth-order valence-corrected chi connectivity index (χ4v) is 1.60. The zero-order valence-corrected chi connectivity index (χ0v) is 10.6. The lowest BCUT2D eigenvalue weighted by Crippen LogP contribution is -1.96. The molecule has 0 heterocycles. The molecule has 0 amide bonds. The van der Waals surface area contributed by atoms with Crippen molar-refractivity contribution < 1.29 is 18.6 Å². The molecular formula is C14H14FNO3. The second-order valence-corrected chi connectivity index (χ2v) is 3.81. The van der Waals surface area contributed by atoms with Gasteiger partial charge < -0.3 is 19.9 Å². The Labute approximate surface area is 110 Å². The van der Waals surface area contributed by atoms with E-state index < -0.39 is 5.82 Å². The number of halogens is 1. The van der Waals surface area contributed by atoms with E-state index in [2.05, 4.69) is 0 Å². The van der Waals surface area contributed by atoms with E-state index in [-0.39, 0.29) is 11.4 Å². The zero-order valence-electron chi connectivity index (χ0n) is 10.6. The van der Waals surface area contributed by atoms with Gasteiger partial charge in [-0.05, 0) is 12.1 Å². The molecule has 0 radical (unpaired) electrons. The SMILES string of the molecule is COc1cccc(Oc2cc(OC)c(N)cc2F)c1. The standard InChI is InChI=1S/C14H14FNO3/c1-17-9-4-3-5-10(6-9)19-13-8-14(18-2)12(16)7-11(13)15/h3-8H,16H2,1-2H3. The molecule has 2 aromatic carbocycles. The first-order valence-corrected chi connectivity index (χ1v) is 5.59. The maximum atomic E-state index is 13.7. The molecule has 0 unspecified atom stereocenters. The van der Waals surface area contributed by atoms with Crippen molar-refractivity contribution in [1.29, 1.82) is 0 Å². The maximum absolute atomic E-state index is 13.7. The molecule has 0 fully saturated rings. The van der Waals surface area contributed by atoms with Gasteiger partial charge in [0.1, 0.15) is 17.2 Å². The van der Waals surface area contributed by atoms with Crippen LogP contribution in [0.25, 0.3) is 0 Å². The number of hydrogen-bond donors (Lipinski definition) is 1. The lowest BCUT2D eigenvalue weighted by atomic mass is 10.2. The first-order valence-electron chi connectivity index (χ1n) is 5.59. The van der Waals surface area contributed by atoms with Crippen LogP contribution in [0.5, 0.6) is 23.0 Å². The molecule has 100 valence electrons. The summed E-state index contributed by atoms with van der Waals surface area (Å²) in [6.45, 7) is 0. The van der Waals surface area contributed by atoms with E-state index in [0.717, 1.165) is 6.07 Å². The zero-order chi connectivity index (χ0) is 13.8. The molecule has 0 atom stereocenters. The van der Waals surface area contributed by atoms with Crippen LogP contribution < -0.4 is 19.9 Å². The predicted molar refractivity (Wildman–Crippen MR) is 70.4 cm³/mol. The summed E-state index contributed by atoms with van der Waals surface area (Å²) in [4.78, 5) is 0. The van der Waals surface area contributed by atoms with Crippen molar-refractivity contribution in [3.8, 4) is 23.0 Å². The molecule has 2 aromatic rings. The minimum atomic E-state index is -0.555. The van der Waals surface area contributed by atoms with Crippen molar-refractivity contribution in [2.24, 2.45) is 0 Å². The van der Waals surface area contributed by atoms with Crippen LogP contribution in [0.1, 0.15) is 0 Å². The van der Waals surface area contributed by atoms with Crippen LogP contribution in [0.4, 0.5) is 10.1 Å². The van der Waals surface area contributed by atoms with E-state index in [1.165, 1.54) is 13.2 Å². The van der Waals surface area contributed by atoms with Gasteiger partial charge in [-0.15, -0.1) is 0 Å². The molecule has 0 saturated heterocycles. The summed E-state index contributed by atoms with van der Waals surface area (Å²) < 4.78 is 29.3. The van der Waals surface area contributed by atoms with Crippen molar-refractivity contribution in [1.82, 2.24) is 0 Å². The van der Waals surface area contributed by atoms with Crippen LogP contribution in [0.3, 0.4) is 0 Å². The third-order valence-corrected chi connectivity index (χ3v) is 2.55. The molecule has 0 aliphatic rings. The van der Waals surface area contributed by atoms with Crippen molar-refractivity contribution in [2.75, 3.05) is 20.0 Å². The summed E-state index contributed by atoms with van der Waals surface area (Å²) in [5.74, 6) is 0.935. The summed E-state index contributed by atoms with van der Waals surface area (Å²) in [5.41, 5.74) is 5.82. The highest BCUT2D eigenvalue weighted by Gasteiger charge is 2.10. The van der Waals surface area contributed by atoms with Gasteiger partial charge in [0.15, 0.2) is 11.6 Å². The molecule has 2 rings (SSSR count). The van der Waals surface area contributed by atoms with E-state index >= 15 is 0 Å². The highest BCUT2D eigenvalue weighted by atomic mass is 19.1. The quantitative estimate of drug-likeness (QED) is 0.860. The largest absolute Gasteiger partial charge is 0.497 e. The first kappa shape index (κ1) is 13.0. The van der Waals surface area contributed by atoms with Crippen molar-refractivity contribution in [2.45, 2.75) is 0 Å². The van der Waals surface area contributed by atoms with Gasteiger partial charge in [0, 0.05) is 18.2 Å². The van der Waals surface area contributed by atoms with Gasteiger partial charge in [0.05, 0.1) is 19.9 Å². The minimum absolute atomic E-state index is 0.0410. The Hall–Kier alpha value is -2.43. The molecule has 0 aliphatic heterocycles. The summed E-state index contributed by atoms with van der Waals surface area (Å²) in [6, 6.07) is 9.44. The fraction of sp³-hybridized carbons (Fsp3) is 0.143. The first-order chi connectivity index (χ1) is 9.13. The Balaban J connectivity index is 2.32. The number of nitrogen functional groups attached to an aromatic ring is 1. The van der Waals surface area contributed by atoms with E-state index in [9.17, 15) is 4.39 Å². The van der Waals surface area contributed by atoms with Crippen LogP contribution in [0, 0.1) is 5.82 Å². The molecule has 4 nitrogen and oxygen atoms in total. The Morgan fingerprint density at radius 1 is 0.947 bits per heavy atom. The fourth-order valence-electron chi connectivity index (χ4n) is 1.60. The van der Waals surface area contributed by atoms with Crippen LogP contribution in [-0.2, 0) is 0 Å². The molecule has 19 heavy (non-hydrogen) atoms. The molecule has 0 aromatic heterocycles. The Morgan fingerprint density at radius 3 is 2.37 bits per heavy atom. The highest BCUT2D eigenvalue weighted by Crippen LogP contribution is 2.33. The van der Waals surface area contributed by atoms with Gasteiger partial charge in [0.2, 0.25) is 0 Å². The van der Waals surface area contributed by atoms with E-state index in [1.807, 2.05) is 0 Å². The summed E-state index contributed by atoms with van der Waals surface area (Å²) >= 11 is 0. The lowest BCUT2D eigenvalue weighted by molar-refractivity contribution is 0.396. The maximum Gasteiger partial charge on any atom is 0.168 e. The molecule has 0 bridgehead atoms. The Kier molecular flexibility index (Phi) is 3.75. The third kappa shape index (κ3) is 2.88.